The lowest BCUT2D eigenvalue weighted by Gasteiger charge is -2.12. The van der Waals surface area contributed by atoms with Crippen LogP contribution in [0.4, 0.5) is 14.5 Å². The first-order valence-electron chi connectivity index (χ1n) is 7.90. The first-order valence-corrected chi connectivity index (χ1v) is 7.90. The smallest absolute Gasteiger partial charge is 0.241 e. The third kappa shape index (κ3) is 5.14. The average Bonchev–Trinajstić information content (AvgIpc) is 3.01. The Kier molecular flexibility index (Phi) is 6.90. The summed E-state index contributed by atoms with van der Waals surface area (Å²) in [6.45, 7) is 0.392. The Balaban J connectivity index is 0.00000243. The van der Waals surface area contributed by atoms with Gasteiger partial charge in [-0.1, -0.05) is 12.1 Å². The number of anilines is 1. The van der Waals surface area contributed by atoms with Crippen molar-refractivity contribution in [2.24, 2.45) is 0 Å². The van der Waals surface area contributed by atoms with Gasteiger partial charge >= 0.3 is 0 Å². The number of aliphatic hydroxyl groups is 1. The van der Waals surface area contributed by atoms with Gasteiger partial charge in [-0.25, -0.2) is 8.78 Å². The van der Waals surface area contributed by atoms with Crippen LogP contribution in [0.1, 0.15) is 12.0 Å². The zero-order chi connectivity index (χ0) is 17.8. The molecule has 1 amide bonds. The lowest BCUT2D eigenvalue weighted by Crippen LogP contribution is -2.35. The minimum Gasteiger partial charge on any atom is -0.486 e. The van der Waals surface area contributed by atoms with E-state index >= 15 is 0 Å². The molecule has 2 unspecified atom stereocenters. The highest BCUT2D eigenvalue weighted by Crippen LogP contribution is 2.23. The van der Waals surface area contributed by atoms with Crippen LogP contribution in [0.25, 0.3) is 0 Å². The molecule has 1 fully saturated rings. The number of hydrogen-bond donors (Lipinski definition) is 3. The third-order valence-corrected chi connectivity index (χ3v) is 3.91. The number of hydrogen-bond acceptors (Lipinski definition) is 4. The van der Waals surface area contributed by atoms with Crippen LogP contribution >= 0.6 is 12.4 Å². The maximum Gasteiger partial charge on any atom is 0.241 e. The molecule has 0 saturated carbocycles. The Bertz CT molecular complexity index is 776. The summed E-state index contributed by atoms with van der Waals surface area (Å²) in [5.74, 6) is -1.33. The molecule has 0 aliphatic carbocycles. The zero-order valence-corrected chi connectivity index (χ0v) is 14.6. The highest BCUT2D eigenvalue weighted by molar-refractivity contribution is 5.95. The molecule has 140 valence electrons. The molecule has 1 heterocycles. The number of ether oxygens (including phenoxy) is 1. The molecule has 0 aromatic heterocycles. The monoisotopic (exact) mass is 384 g/mol. The van der Waals surface area contributed by atoms with Gasteiger partial charge in [-0.2, -0.15) is 0 Å². The predicted octanol–water partition coefficient (Wildman–Crippen LogP) is 2.63. The van der Waals surface area contributed by atoms with E-state index < -0.39 is 18.0 Å². The van der Waals surface area contributed by atoms with Crippen molar-refractivity contribution in [3.05, 3.63) is 59.7 Å². The molecule has 2 atom stereocenters. The molecule has 8 heteroatoms. The number of halogens is 3. The van der Waals surface area contributed by atoms with Gasteiger partial charge in [0.05, 0.1) is 12.1 Å². The lowest BCUT2D eigenvalue weighted by atomic mass is 10.2. The van der Waals surface area contributed by atoms with Gasteiger partial charge in [0, 0.05) is 18.3 Å². The summed E-state index contributed by atoms with van der Waals surface area (Å²) >= 11 is 0. The van der Waals surface area contributed by atoms with Gasteiger partial charge in [0.25, 0.3) is 0 Å². The van der Waals surface area contributed by atoms with E-state index in [-0.39, 0.29) is 36.5 Å². The summed E-state index contributed by atoms with van der Waals surface area (Å²) in [5.41, 5.74) is 0.881. The molecule has 2 aromatic carbocycles. The number of nitrogens with one attached hydrogen (secondary N) is 2. The topological polar surface area (TPSA) is 70.6 Å². The summed E-state index contributed by atoms with van der Waals surface area (Å²) < 4.78 is 32.6. The van der Waals surface area contributed by atoms with Crippen LogP contribution in [0.2, 0.25) is 0 Å². The Hall–Kier alpha value is -2.22. The molecule has 0 spiro atoms. The molecule has 0 radical (unpaired) electrons. The number of carbonyl (C=O) groups excluding carboxylic acids is 1. The van der Waals surface area contributed by atoms with Crippen LogP contribution < -0.4 is 15.4 Å². The first kappa shape index (κ1) is 20.1. The molecule has 1 saturated heterocycles. The van der Waals surface area contributed by atoms with Crippen LogP contribution in [0.5, 0.6) is 5.75 Å². The van der Waals surface area contributed by atoms with Crippen LogP contribution in [0, 0.1) is 11.6 Å². The van der Waals surface area contributed by atoms with Gasteiger partial charge < -0.3 is 20.5 Å². The van der Waals surface area contributed by atoms with E-state index in [0.29, 0.717) is 24.2 Å². The summed E-state index contributed by atoms with van der Waals surface area (Å²) in [6, 6.07) is 9.45. The molecule has 0 bridgehead atoms. The van der Waals surface area contributed by atoms with Gasteiger partial charge in [0.2, 0.25) is 5.91 Å². The molecule has 1 aliphatic heterocycles. The SMILES string of the molecule is Cl.O=C(Nc1ccc(OCc2cccc(F)c2)c(F)c1)C1CC(O)CN1. The van der Waals surface area contributed by atoms with Gasteiger partial charge in [-0.3, -0.25) is 4.79 Å². The number of amides is 1. The minimum atomic E-state index is -0.631. The number of β-amino-alcohol motifs (C(OH)–C–C–N with tert-alkyl or cyclic N) is 1. The van der Waals surface area contributed by atoms with E-state index in [1.165, 1.54) is 24.3 Å². The Morgan fingerprint density at radius 1 is 1.27 bits per heavy atom. The largest absolute Gasteiger partial charge is 0.486 e. The second kappa shape index (κ2) is 8.93. The van der Waals surface area contributed by atoms with Crippen molar-refractivity contribution < 1.29 is 23.4 Å². The fraction of sp³-hybridized carbons (Fsp3) is 0.278. The molecule has 2 aromatic rings. The van der Waals surface area contributed by atoms with E-state index in [1.807, 2.05) is 0 Å². The summed E-state index contributed by atoms with van der Waals surface area (Å²) in [5, 5.41) is 14.9. The minimum absolute atomic E-state index is 0. The average molecular weight is 385 g/mol. The summed E-state index contributed by atoms with van der Waals surface area (Å²) in [7, 11) is 0. The van der Waals surface area contributed by atoms with E-state index in [1.54, 1.807) is 12.1 Å². The van der Waals surface area contributed by atoms with Crippen LogP contribution in [-0.2, 0) is 11.4 Å². The fourth-order valence-corrected chi connectivity index (χ4v) is 2.63. The number of benzene rings is 2. The quantitative estimate of drug-likeness (QED) is 0.741. The predicted molar refractivity (Wildman–Crippen MR) is 95.4 cm³/mol. The van der Waals surface area contributed by atoms with Gasteiger partial charge in [-0.05, 0) is 36.2 Å². The van der Waals surface area contributed by atoms with Gasteiger partial charge in [-0.15, -0.1) is 12.4 Å². The Labute approximate surface area is 155 Å². The molecule has 1 aliphatic rings. The van der Waals surface area contributed by atoms with E-state index in [4.69, 9.17) is 4.74 Å². The zero-order valence-electron chi connectivity index (χ0n) is 13.7. The van der Waals surface area contributed by atoms with Crippen molar-refractivity contribution in [3.8, 4) is 5.75 Å². The molecular weight excluding hydrogens is 366 g/mol. The van der Waals surface area contributed by atoms with Gasteiger partial charge in [0.15, 0.2) is 11.6 Å². The highest BCUT2D eigenvalue weighted by Gasteiger charge is 2.28. The van der Waals surface area contributed by atoms with Crippen molar-refractivity contribution in [2.45, 2.75) is 25.2 Å². The fourth-order valence-electron chi connectivity index (χ4n) is 2.63. The standard InChI is InChI=1S/C18H18F2N2O3.ClH/c19-12-3-1-2-11(6-12)10-25-17-5-4-13(7-15(17)20)22-18(24)16-8-14(23)9-21-16;/h1-7,14,16,21,23H,8-10H2,(H,22,24);1H. The highest BCUT2D eigenvalue weighted by atomic mass is 35.5. The second-order valence-electron chi connectivity index (χ2n) is 5.90. The van der Waals surface area contributed by atoms with Crippen LogP contribution in [0.15, 0.2) is 42.5 Å². The van der Waals surface area contributed by atoms with E-state index in [2.05, 4.69) is 10.6 Å². The lowest BCUT2D eigenvalue weighted by molar-refractivity contribution is -0.117. The molecular formula is C18H19ClF2N2O3. The second-order valence-corrected chi connectivity index (χ2v) is 5.90. The molecule has 3 rings (SSSR count). The van der Waals surface area contributed by atoms with Crippen molar-refractivity contribution in [2.75, 3.05) is 11.9 Å². The van der Waals surface area contributed by atoms with E-state index in [0.717, 1.165) is 6.07 Å². The molecule has 26 heavy (non-hydrogen) atoms. The maximum absolute atomic E-state index is 14.1. The third-order valence-electron chi connectivity index (χ3n) is 3.91. The molecule has 3 N–H and O–H groups in total. The van der Waals surface area contributed by atoms with Gasteiger partial charge in [0.1, 0.15) is 12.4 Å². The van der Waals surface area contributed by atoms with Crippen molar-refractivity contribution >= 4 is 24.0 Å². The van der Waals surface area contributed by atoms with Crippen molar-refractivity contribution in [3.63, 3.8) is 0 Å². The maximum atomic E-state index is 14.1. The van der Waals surface area contributed by atoms with Crippen molar-refractivity contribution in [1.82, 2.24) is 5.32 Å². The Morgan fingerprint density at radius 3 is 2.73 bits per heavy atom. The Morgan fingerprint density at radius 2 is 2.08 bits per heavy atom. The number of carbonyl (C=O) groups is 1. The van der Waals surface area contributed by atoms with Crippen LogP contribution in [0.3, 0.4) is 0 Å². The number of aliphatic hydroxyl groups excluding tert-OH is 1. The normalized spacial score (nSPS) is 18.9. The molecule has 5 nitrogen and oxygen atoms in total. The van der Waals surface area contributed by atoms with Crippen LogP contribution in [-0.4, -0.2) is 29.7 Å². The summed E-state index contributed by atoms with van der Waals surface area (Å²) in [4.78, 5) is 12.0. The van der Waals surface area contributed by atoms with E-state index in [9.17, 15) is 18.7 Å². The van der Waals surface area contributed by atoms with Crippen molar-refractivity contribution in [1.29, 1.82) is 0 Å². The first-order chi connectivity index (χ1) is 12.0. The summed E-state index contributed by atoms with van der Waals surface area (Å²) in [6.07, 6.45) is -0.227. The number of rotatable bonds is 5.